The summed E-state index contributed by atoms with van der Waals surface area (Å²) in [5.41, 5.74) is 5.82. The van der Waals surface area contributed by atoms with Gasteiger partial charge >= 0.3 is 0 Å². The second kappa shape index (κ2) is 4.11. The molecule has 1 saturated carbocycles. The molecule has 1 aliphatic carbocycles. The molecule has 2 unspecified atom stereocenters. The third kappa shape index (κ3) is 2.33. The number of aromatic nitrogens is 1. The van der Waals surface area contributed by atoms with Gasteiger partial charge in [0.2, 0.25) is 5.89 Å². The van der Waals surface area contributed by atoms with Gasteiger partial charge in [-0.25, -0.2) is 4.98 Å². The van der Waals surface area contributed by atoms with Crippen molar-refractivity contribution in [3.63, 3.8) is 0 Å². The molecule has 1 aliphatic rings. The largest absolute Gasteiger partial charge is 0.445 e. The highest BCUT2D eigenvalue weighted by Gasteiger charge is 2.21. The van der Waals surface area contributed by atoms with Gasteiger partial charge in [-0.3, -0.25) is 0 Å². The third-order valence-electron chi connectivity index (χ3n) is 2.68. The lowest BCUT2D eigenvalue weighted by molar-refractivity contribution is 0.420. The molecule has 1 heterocycles. The Kier molecular flexibility index (Phi) is 2.84. The molecule has 0 aliphatic heterocycles. The van der Waals surface area contributed by atoms with E-state index in [2.05, 4.69) is 10.3 Å². The Bertz CT molecular complexity index is 297. The lowest BCUT2D eigenvalue weighted by atomic mass is 10.2. The molecule has 1 aromatic rings. The molecule has 4 nitrogen and oxygen atoms in total. The van der Waals surface area contributed by atoms with E-state index in [-0.39, 0.29) is 0 Å². The maximum absolute atomic E-state index is 5.82. The zero-order valence-corrected chi connectivity index (χ0v) is 8.49. The van der Waals surface area contributed by atoms with Crippen LogP contribution in [0.15, 0.2) is 10.6 Å². The van der Waals surface area contributed by atoms with Crippen molar-refractivity contribution in [2.75, 3.05) is 0 Å². The molecule has 0 saturated heterocycles. The minimum absolute atomic E-state index is 0.374. The predicted octanol–water partition coefficient (Wildman–Crippen LogP) is 0.952. The van der Waals surface area contributed by atoms with Crippen molar-refractivity contribution in [2.45, 2.75) is 44.8 Å². The van der Waals surface area contributed by atoms with Gasteiger partial charge in [-0.15, -0.1) is 0 Å². The highest BCUT2D eigenvalue weighted by molar-refractivity contribution is 4.91. The second-order valence-corrected chi connectivity index (χ2v) is 4.02. The summed E-state index contributed by atoms with van der Waals surface area (Å²) in [7, 11) is 0. The molecule has 2 atom stereocenters. The summed E-state index contributed by atoms with van der Waals surface area (Å²) in [6, 6.07) is 0.913. The van der Waals surface area contributed by atoms with E-state index in [4.69, 9.17) is 10.2 Å². The van der Waals surface area contributed by atoms with Crippen molar-refractivity contribution in [3.05, 3.63) is 17.8 Å². The Hall–Kier alpha value is -0.870. The molecule has 4 heteroatoms. The van der Waals surface area contributed by atoms with E-state index in [0.29, 0.717) is 18.6 Å². The summed E-state index contributed by atoms with van der Waals surface area (Å²) in [6.07, 6.45) is 5.11. The van der Waals surface area contributed by atoms with Crippen LogP contribution >= 0.6 is 0 Å². The number of rotatable bonds is 3. The average Bonchev–Trinajstić information content (AvgIpc) is 2.72. The zero-order chi connectivity index (χ0) is 9.97. The van der Waals surface area contributed by atoms with Crippen LogP contribution in [0.1, 0.15) is 30.9 Å². The molecule has 14 heavy (non-hydrogen) atoms. The van der Waals surface area contributed by atoms with Gasteiger partial charge in [0.05, 0.1) is 12.7 Å². The molecular formula is C10H17N3O. The third-order valence-corrected chi connectivity index (χ3v) is 2.68. The minimum Gasteiger partial charge on any atom is -0.445 e. The van der Waals surface area contributed by atoms with E-state index in [9.17, 15) is 0 Å². The van der Waals surface area contributed by atoms with Crippen LogP contribution in [0.3, 0.4) is 0 Å². The van der Waals surface area contributed by atoms with Crippen LogP contribution in [0, 0.1) is 6.92 Å². The molecule has 0 bridgehead atoms. The molecule has 78 valence electrons. The first-order valence-corrected chi connectivity index (χ1v) is 5.14. The molecule has 3 N–H and O–H groups in total. The quantitative estimate of drug-likeness (QED) is 0.753. The van der Waals surface area contributed by atoms with Crippen LogP contribution in [-0.2, 0) is 6.54 Å². The van der Waals surface area contributed by atoms with E-state index in [1.807, 2.05) is 6.92 Å². The van der Waals surface area contributed by atoms with E-state index in [1.54, 1.807) is 6.20 Å². The van der Waals surface area contributed by atoms with Crippen LogP contribution in [0.2, 0.25) is 0 Å². The van der Waals surface area contributed by atoms with Gasteiger partial charge in [0.1, 0.15) is 5.76 Å². The van der Waals surface area contributed by atoms with Crippen LogP contribution in [0.4, 0.5) is 0 Å². The monoisotopic (exact) mass is 195 g/mol. The van der Waals surface area contributed by atoms with E-state index >= 15 is 0 Å². The first kappa shape index (κ1) is 9.68. The molecule has 1 aromatic heterocycles. The molecule has 0 radical (unpaired) electrons. The summed E-state index contributed by atoms with van der Waals surface area (Å²) >= 11 is 0. The Morgan fingerprint density at radius 3 is 3.07 bits per heavy atom. The Balaban J connectivity index is 1.77. The summed E-state index contributed by atoms with van der Waals surface area (Å²) in [5, 5.41) is 3.41. The standard InChI is InChI=1S/C10H17N3O/c1-7-5-13-10(14-7)6-12-9-3-2-8(11)4-9/h5,8-9,12H,2-4,6,11H2,1H3. The number of hydrogen-bond acceptors (Lipinski definition) is 4. The maximum atomic E-state index is 5.82. The van der Waals surface area contributed by atoms with Gasteiger partial charge in [0.25, 0.3) is 0 Å². The molecule has 2 rings (SSSR count). The fourth-order valence-electron chi connectivity index (χ4n) is 1.92. The predicted molar refractivity (Wildman–Crippen MR) is 53.7 cm³/mol. The topological polar surface area (TPSA) is 64.1 Å². The lowest BCUT2D eigenvalue weighted by Crippen LogP contribution is -2.28. The van der Waals surface area contributed by atoms with Gasteiger partial charge < -0.3 is 15.5 Å². The molecule has 1 fully saturated rings. The van der Waals surface area contributed by atoms with Crippen LogP contribution in [0.25, 0.3) is 0 Å². The first-order valence-electron chi connectivity index (χ1n) is 5.14. The van der Waals surface area contributed by atoms with Crippen LogP contribution < -0.4 is 11.1 Å². The fraction of sp³-hybridized carbons (Fsp3) is 0.700. The van der Waals surface area contributed by atoms with Gasteiger partial charge in [0.15, 0.2) is 0 Å². The number of nitrogens with one attached hydrogen (secondary N) is 1. The van der Waals surface area contributed by atoms with Gasteiger partial charge in [-0.05, 0) is 26.2 Å². The average molecular weight is 195 g/mol. The summed E-state index contributed by atoms with van der Waals surface area (Å²) in [5.74, 6) is 1.63. The van der Waals surface area contributed by atoms with Gasteiger partial charge in [-0.2, -0.15) is 0 Å². The molecule has 0 amide bonds. The zero-order valence-electron chi connectivity index (χ0n) is 8.49. The van der Waals surface area contributed by atoms with Gasteiger partial charge in [0, 0.05) is 12.1 Å². The highest BCUT2D eigenvalue weighted by atomic mass is 16.4. The second-order valence-electron chi connectivity index (χ2n) is 4.02. The fourth-order valence-corrected chi connectivity index (χ4v) is 1.92. The van der Waals surface area contributed by atoms with Crippen LogP contribution in [-0.4, -0.2) is 17.1 Å². The van der Waals surface area contributed by atoms with Crippen molar-refractivity contribution in [1.82, 2.24) is 10.3 Å². The molecular weight excluding hydrogens is 178 g/mol. The highest BCUT2D eigenvalue weighted by Crippen LogP contribution is 2.17. The first-order chi connectivity index (χ1) is 6.74. The maximum Gasteiger partial charge on any atom is 0.208 e. The number of nitrogens with zero attached hydrogens (tertiary/aromatic N) is 1. The van der Waals surface area contributed by atoms with E-state index in [1.165, 1.54) is 6.42 Å². The minimum atomic E-state index is 0.374. The number of hydrogen-bond donors (Lipinski definition) is 2. The Labute approximate surface area is 83.9 Å². The van der Waals surface area contributed by atoms with Gasteiger partial charge in [-0.1, -0.05) is 0 Å². The normalized spacial score (nSPS) is 27.0. The van der Waals surface area contributed by atoms with Crippen molar-refractivity contribution in [1.29, 1.82) is 0 Å². The van der Waals surface area contributed by atoms with Crippen molar-refractivity contribution >= 4 is 0 Å². The number of aryl methyl sites for hydroxylation is 1. The lowest BCUT2D eigenvalue weighted by Gasteiger charge is -2.09. The summed E-state index contributed by atoms with van der Waals surface area (Å²) in [4.78, 5) is 4.14. The number of oxazole rings is 1. The van der Waals surface area contributed by atoms with Crippen molar-refractivity contribution < 1.29 is 4.42 Å². The summed E-state index contributed by atoms with van der Waals surface area (Å²) in [6.45, 7) is 2.62. The molecule has 0 spiro atoms. The number of nitrogens with two attached hydrogens (primary N) is 1. The van der Waals surface area contributed by atoms with Crippen LogP contribution in [0.5, 0.6) is 0 Å². The summed E-state index contributed by atoms with van der Waals surface area (Å²) < 4.78 is 5.37. The molecule has 0 aromatic carbocycles. The van der Waals surface area contributed by atoms with E-state index in [0.717, 1.165) is 24.5 Å². The smallest absolute Gasteiger partial charge is 0.208 e. The Morgan fingerprint density at radius 1 is 1.64 bits per heavy atom. The van der Waals surface area contributed by atoms with Crippen molar-refractivity contribution in [2.24, 2.45) is 5.73 Å². The van der Waals surface area contributed by atoms with E-state index < -0.39 is 0 Å². The van der Waals surface area contributed by atoms with Crippen molar-refractivity contribution in [3.8, 4) is 0 Å². The Morgan fingerprint density at radius 2 is 2.50 bits per heavy atom. The SMILES string of the molecule is Cc1cnc(CNC2CCC(N)C2)o1.